The van der Waals surface area contributed by atoms with Gasteiger partial charge in [0.05, 0.1) is 23.2 Å². The maximum Gasteiger partial charge on any atom is 0.185 e. The van der Waals surface area contributed by atoms with E-state index in [1.54, 1.807) is 14.2 Å². The van der Waals surface area contributed by atoms with Gasteiger partial charge in [-0.25, -0.2) is 0 Å². The number of benzene rings is 2. The summed E-state index contributed by atoms with van der Waals surface area (Å²) in [5, 5.41) is 0. The fourth-order valence-corrected chi connectivity index (χ4v) is 4.24. The molecular formula is C22H20Br2O3. The van der Waals surface area contributed by atoms with Crippen LogP contribution in [-0.4, -0.2) is 20.0 Å². The van der Waals surface area contributed by atoms with Gasteiger partial charge in [-0.3, -0.25) is 4.79 Å². The monoisotopic (exact) mass is 490 g/mol. The van der Waals surface area contributed by atoms with Crippen molar-refractivity contribution in [2.45, 2.75) is 19.3 Å². The van der Waals surface area contributed by atoms with E-state index in [1.807, 2.05) is 48.6 Å². The van der Waals surface area contributed by atoms with Crippen LogP contribution in [0.25, 0.3) is 12.2 Å². The Hall–Kier alpha value is -1.85. The molecule has 0 heterocycles. The fraction of sp³-hybridized carbons (Fsp3) is 0.227. The van der Waals surface area contributed by atoms with Crippen LogP contribution >= 0.6 is 31.9 Å². The molecule has 0 amide bonds. The topological polar surface area (TPSA) is 35.5 Å². The lowest BCUT2D eigenvalue weighted by molar-refractivity contribution is -0.112. The van der Waals surface area contributed by atoms with Crippen molar-refractivity contribution in [3.05, 3.63) is 67.6 Å². The second kappa shape index (κ2) is 8.89. The average molecular weight is 492 g/mol. The van der Waals surface area contributed by atoms with Gasteiger partial charge in [-0.1, -0.05) is 12.1 Å². The Morgan fingerprint density at radius 3 is 1.63 bits per heavy atom. The largest absolute Gasteiger partial charge is 0.496 e. The zero-order chi connectivity index (χ0) is 19.4. The maximum atomic E-state index is 12.9. The molecule has 0 aliphatic heterocycles. The lowest BCUT2D eigenvalue weighted by atomic mass is 9.87. The standard InChI is InChI=1S/C22H20Br2O3/c1-26-20-8-6-14(12-18(20)23)10-16-4-3-5-17(22(16)25)11-15-7-9-21(27-2)19(24)13-15/h6-13H,3-5H2,1-2H3. The molecule has 0 bridgehead atoms. The van der Waals surface area contributed by atoms with Crippen LogP contribution in [0.5, 0.6) is 11.5 Å². The molecule has 0 unspecified atom stereocenters. The second-order valence-corrected chi connectivity index (χ2v) is 8.02. The van der Waals surface area contributed by atoms with Gasteiger partial charge in [0.1, 0.15) is 11.5 Å². The molecule has 0 atom stereocenters. The number of allylic oxidation sites excluding steroid dienone is 2. The van der Waals surface area contributed by atoms with Crippen LogP contribution in [0.3, 0.4) is 0 Å². The van der Waals surface area contributed by atoms with Crippen molar-refractivity contribution in [2.24, 2.45) is 0 Å². The summed E-state index contributed by atoms with van der Waals surface area (Å²) < 4.78 is 12.3. The van der Waals surface area contributed by atoms with E-state index in [0.29, 0.717) is 0 Å². The van der Waals surface area contributed by atoms with Gasteiger partial charge in [0.2, 0.25) is 0 Å². The van der Waals surface area contributed by atoms with Crippen LogP contribution in [0.1, 0.15) is 30.4 Å². The highest BCUT2D eigenvalue weighted by Gasteiger charge is 2.20. The lowest BCUT2D eigenvalue weighted by Crippen LogP contribution is -2.12. The number of methoxy groups -OCH3 is 2. The Labute approximate surface area is 176 Å². The first-order valence-corrected chi connectivity index (χ1v) is 10.2. The zero-order valence-corrected chi connectivity index (χ0v) is 18.4. The molecule has 3 nitrogen and oxygen atoms in total. The Bertz CT molecular complexity index is 856. The molecule has 0 N–H and O–H groups in total. The van der Waals surface area contributed by atoms with Crippen molar-refractivity contribution >= 4 is 49.8 Å². The van der Waals surface area contributed by atoms with E-state index in [2.05, 4.69) is 31.9 Å². The number of rotatable bonds is 4. The molecule has 1 saturated carbocycles. The highest BCUT2D eigenvalue weighted by atomic mass is 79.9. The van der Waals surface area contributed by atoms with Crippen LogP contribution in [0.15, 0.2) is 56.5 Å². The molecule has 27 heavy (non-hydrogen) atoms. The van der Waals surface area contributed by atoms with Crippen LogP contribution in [0.4, 0.5) is 0 Å². The number of carbonyl (C=O) groups excluding carboxylic acids is 1. The smallest absolute Gasteiger partial charge is 0.185 e. The molecule has 2 aromatic rings. The van der Waals surface area contributed by atoms with E-state index in [4.69, 9.17) is 9.47 Å². The minimum atomic E-state index is 0.125. The van der Waals surface area contributed by atoms with E-state index < -0.39 is 0 Å². The van der Waals surface area contributed by atoms with Crippen LogP contribution < -0.4 is 9.47 Å². The van der Waals surface area contributed by atoms with E-state index >= 15 is 0 Å². The molecule has 0 radical (unpaired) electrons. The van der Waals surface area contributed by atoms with Gasteiger partial charge in [0, 0.05) is 11.1 Å². The molecule has 1 aliphatic carbocycles. The Balaban J connectivity index is 1.87. The van der Waals surface area contributed by atoms with Gasteiger partial charge in [0.15, 0.2) is 5.78 Å². The van der Waals surface area contributed by atoms with Crippen molar-refractivity contribution in [3.63, 3.8) is 0 Å². The molecular weight excluding hydrogens is 472 g/mol. The van der Waals surface area contributed by atoms with E-state index in [0.717, 1.165) is 62.0 Å². The first-order chi connectivity index (χ1) is 13.0. The highest BCUT2D eigenvalue weighted by Crippen LogP contribution is 2.32. The number of ketones is 1. The third-order valence-electron chi connectivity index (χ3n) is 4.51. The molecule has 0 aromatic heterocycles. The summed E-state index contributed by atoms with van der Waals surface area (Å²) in [5.74, 6) is 1.68. The van der Waals surface area contributed by atoms with Gasteiger partial charge in [0.25, 0.3) is 0 Å². The zero-order valence-electron chi connectivity index (χ0n) is 15.2. The number of halogens is 2. The summed E-state index contributed by atoms with van der Waals surface area (Å²) in [4.78, 5) is 12.9. The summed E-state index contributed by atoms with van der Waals surface area (Å²) in [6.07, 6.45) is 6.52. The van der Waals surface area contributed by atoms with Crippen LogP contribution in [0.2, 0.25) is 0 Å². The lowest BCUT2D eigenvalue weighted by Gasteiger charge is -2.17. The molecule has 0 spiro atoms. The van der Waals surface area contributed by atoms with Crippen LogP contribution in [0, 0.1) is 0 Å². The highest BCUT2D eigenvalue weighted by molar-refractivity contribution is 9.10. The molecule has 2 aromatic carbocycles. The first-order valence-electron chi connectivity index (χ1n) is 8.64. The number of hydrogen-bond donors (Lipinski definition) is 0. The van der Waals surface area contributed by atoms with Crippen molar-refractivity contribution in [2.75, 3.05) is 14.2 Å². The molecule has 1 aliphatic rings. The van der Waals surface area contributed by atoms with Gasteiger partial charge in [-0.2, -0.15) is 0 Å². The van der Waals surface area contributed by atoms with Crippen molar-refractivity contribution in [3.8, 4) is 11.5 Å². The summed E-state index contributed by atoms with van der Waals surface area (Å²) >= 11 is 6.99. The predicted molar refractivity (Wildman–Crippen MR) is 116 cm³/mol. The average Bonchev–Trinajstić information content (AvgIpc) is 2.65. The normalized spacial score (nSPS) is 17.4. The first kappa shape index (κ1) is 19.9. The Morgan fingerprint density at radius 1 is 0.815 bits per heavy atom. The van der Waals surface area contributed by atoms with Crippen molar-refractivity contribution < 1.29 is 14.3 Å². The number of carbonyl (C=O) groups is 1. The summed E-state index contributed by atoms with van der Waals surface area (Å²) in [6, 6.07) is 11.7. The molecule has 1 fully saturated rings. The maximum absolute atomic E-state index is 12.9. The molecule has 140 valence electrons. The number of ether oxygens (including phenoxy) is 2. The van der Waals surface area contributed by atoms with Crippen LogP contribution in [-0.2, 0) is 4.79 Å². The van der Waals surface area contributed by atoms with Crippen molar-refractivity contribution in [1.29, 1.82) is 0 Å². The number of hydrogen-bond acceptors (Lipinski definition) is 3. The predicted octanol–water partition coefficient (Wildman–Crippen LogP) is 6.45. The summed E-state index contributed by atoms with van der Waals surface area (Å²) in [6.45, 7) is 0. The molecule has 5 heteroatoms. The second-order valence-electron chi connectivity index (χ2n) is 6.31. The molecule has 0 saturated heterocycles. The molecule has 3 rings (SSSR count). The third-order valence-corrected chi connectivity index (χ3v) is 5.75. The van der Waals surface area contributed by atoms with Gasteiger partial charge in [-0.05, 0) is 98.7 Å². The Morgan fingerprint density at radius 2 is 1.26 bits per heavy atom. The Kier molecular flexibility index (Phi) is 6.55. The van der Waals surface area contributed by atoms with E-state index in [9.17, 15) is 4.79 Å². The quantitative estimate of drug-likeness (QED) is 0.461. The van der Waals surface area contributed by atoms with Gasteiger partial charge < -0.3 is 9.47 Å². The summed E-state index contributed by atoms with van der Waals surface area (Å²) in [5.41, 5.74) is 3.66. The SMILES string of the molecule is COc1ccc(C=C2CCCC(=Cc3ccc(OC)c(Br)c3)C2=O)cc1Br. The van der Waals surface area contributed by atoms with E-state index in [1.165, 1.54) is 0 Å². The van der Waals surface area contributed by atoms with Gasteiger partial charge in [-0.15, -0.1) is 0 Å². The minimum Gasteiger partial charge on any atom is -0.496 e. The van der Waals surface area contributed by atoms with E-state index in [-0.39, 0.29) is 5.78 Å². The van der Waals surface area contributed by atoms with Crippen molar-refractivity contribution in [1.82, 2.24) is 0 Å². The summed E-state index contributed by atoms with van der Waals surface area (Å²) in [7, 11) is 3.27. The number of Topliss-reactive ketones (excluding diaryl/α,β-unsaturated/α-hetero) is 1. The third kappa shape index (κ3) is 4.71. The fourth-order valence-electron chi connectivity index (χ4n) is 3.13. The van der Waals surface area contributed by atoms with Gasteiger partial charge >= 0.3 is 0 Å². The minimum absolute atomic E-state index is 0.125.